The first-order chi connectivity index (χ1) is 11.3. The summed E-state index contributed by atoms with van der Waals surface area (Å²) >= 11 is 0. The third kappa shape index (κ3) is 8.36. The summed E-state index contributed by atoms with van der Waals surface area (Å²) in [6.07, 6.45) is 1.22. The maximum atomic E-state index is 12.8. The Morgan fingerprint density at radius 3 is 2.04 bits per heavy atom. The molecule has 24 heavy (non-hydrogen) atoms. The van der Waals surface area contributed by atoms with E-state index in [1.165, 1.54) is 0 Å². The van der Waals surface area contributed by atoms with Crippen molar-refractivity contribution in [1.82, 2.24) is 4.90 Å². The predicted octanol–water partition coefficient (Wildman–Crippen LogP) is 5.09. The van der Waals surface area contributed by atoms with E-state index >= 15 is 0 Å². The summed E-state index contributed by atoms with van der Waals surface area (Å²) in [6, 6.07) is 0. The van der Waals surface area contributed by atoms with Crippen molar-refractivity contribution in [2.75, 3.05) is 19.6 Å². The fourth-order valence-electron chi connectivity index (χ4n) is 3.34. The quantitative estimate of drug-likeness (QED) is 0.486. The van der Waals surface area contributed by atoms with Crippen LogP contribution in [-0.4, -0.2) is 42.3 Å². The van der Waals surface area contributed by atoms with E-state index in [1.54, 1.807) is 0 Å². The lowest BCUT2D eigenvalue weighted by Crippen LogP contribution is -2.38. The van der Waals surface area contributed by atoms with Gasteiger partial charge in [0.05, 0.1) is 12.8 Å². The molecule has 1 aliphatic rings. The SMILES string of the molecule is CCCCN(CCCC)CCC(=O)OC1(CC(F)(F)F)CCCC1. The van der Waals surface area contributed by atoms with Gasteiger partial charge in [0.15, 0.2) is 0 Å². The molecule has 0 radical (unpaired) electrons. The first kappa shape index (κ1) is 21.3. The number of ether oxygens (including phenoxy) is 1. The Kier molecular flexibility index (Phi) is 9.09. The van der Waals surface area contributed by atoms with Crippen molar-refractivity contribution in [2.24, 2.45) is 0 Å². The van der Waals surface area contributed by atoms with Crippen LogP contribution in [0.15, 0.2) is 0 Å². The van der Waals surface area contributed by atoms with Crippen LogP contribution in [0.25, 0.3) is 0 Å². The lowest BCUT2D eigenvalue weighted by atomic mass is 9.97. The number of alkyl halides is 3. The second-order valence-electron chi connectivity index (χ2n) is 6.95. The Morgan fingerprint density at radius 2 is 1.58 bits per heavy atom. The smallest absolute Gasteiger partial charge is 0.392 e. The highest BCUT2D eigenvalue weighted by Gasteiger charge is 2.46. The molecule has 0 aliphatic heterocycles. The van der Waals surface area contributed by atoms with Gasteiger partial charge in [0.25, 0.3) is 0 Å². The van der Waals surface area contributed by atoms with Crippen molar-refractivity contribution in [3.63, 3.8) is 0 Å². The Balaban J connectivity index is 2.49. The maximum absolute atomic E-state index is 12.8. The Morgan fingerprint density at radius 1 is 1.04 bits per heavy atom. The highest BCUT2D eigenvalue weighted by Crippen LogP contribution is 2.41. The van der Waals surface area contributed by atoms with E-state index in [2.05, 4.69) is 18.7 Å². The first-order valence-electron chi connectivity index (χ1n) is 9.31. The number of hydrogen-bond acceptors (Lipinski definition) is 3. The van der Waals surface area contributed by atoms with Gasteiger partial charge < -0.3 is 9.64 Å². The molecular formula is C18H32F3NO2. The predicted molar refractivity (Wildman–Crippen MR) is 88.8 cm³/mol. The normalized spacial score (nSPS) is 17.4. The molecule has 142 valence electrons. The van der Waals surface area contributed by atoms with Gasteiger partial charge in [0.1, 0.15) is 5.60 Å². The van der Waals surface area contributed by atoms with Gasteiger partial charge in [-0.25, -0.2) is 0 Å². The molecule has 1 aliphatic carbocycles. The number of hydrogen-bond donors (Lipinski definition) is 0. The zero-order valence-corrected chi connectivity index (χ0v) is 15.1. The van der Waals surface area contributed by atoms with Crippen LogP contribution in [0.5, 0.6) is 0 Å². The molecule has 1 fully saturated rings. The zero-order valence-electron chi connectivity index (χ0n) is 15.1. The molecule has 0 unspecified atom stereocenters. The molecule has 0 N–H and O–H groups in total. The molecule has 0 aromatic rings. The summed E-state index contributed by atoms with van der Waals surface area (Å²) in [7, 11) is 0. The summed E-state index contributed by atoms with van der Waals surface area (Å²) in [6.45, 7) is 6.66. The minimum Gasteiger partial charge on any atom is -0.459 e. The van der Waals surface area contributed by atoms with Crippen molar-refractivity contribution in [1.29, 1.82) is 0 Å². The average molecular weight is 351 g/mol. The Labute approximate surface area is 143 Å². The molecule has 0 spiro atoms. The number of rotatable bonds is 11. The summed E-state index contributed by atoms with van der Waals surface area (Å²) in [5.41, 5.74) is -1.31. The van der Waals surface area contributed by atoms with Crippen LogP contribution in [-0.2, 0) is 9.53 Å². The number of nitrogens with zero attached hydrogens (tertiary/aromatic N) is 1. The van der Waals surface area contributed by atoms with Crippen LogP contribution < -0.4 is 0 Å². The number of carbonyl (C=O) groups excluding carboxylic acids is 1. The largest absolute Gasteiger partial charge is 0.459 e. The molecular weight excluding hydrogens is 319 g/mol. The van der Waals surface area contributed by atoms with Crippen LogP contribution in [0.4, 0.5) is 13.2 Å². The van der Waals surface area contributed by atoms with Gasteiger partial charge in [0.2, 0.25) is 0 Å². The van der Waals surface area contributed by atoms with E-state index in [1.807, 2.05) is 0 Å². The summed E-state index contributed by atoms with van der Waals surface area (Å²) in [5, 5.41) is 0. The molecule has 1 saturated carbocycles. The zero-order chi connectivity index (χ0) is 18.1. The van der Waals surface area contributed by atoms with Gasteiger partial charge in [-0.2, -0.15) is 13.2 Å². The van der Waals surface area contributed by atoms with Crippen LogP contribution in [0.2, 0.25) is 0 Å². The van der Waals surface area contributed by atoms with Crippen LogP contribution in [0, 0.1) is 0 Å². The average Bonchev–Trinajstić information content (AvgIpc) is 2.92. The number of carbonyl (C=O) groups is 1. The second-order valence-corrected chi connectivity index (χ2v) is 6.95. The van der Waals surface area contributed by atoms with E-state index in [-0.39, 0.29) is 6.42 Å². The third-order valence-electron chi connectivity index (χ3n) is 4.66. The molecule has 0 aromatic heterocycles. The molecule has 0 saturated heterocycles. The Bertz CT molecular complexity index is 358. The van der Waals surface area contributed by atoms with Crippen molar-refractivity contribution in [3.05, 3.63) is 0 Å². The molecule has 0 aromatic carbocycles. The molecule has 6 heteroatoms. The topological polar surface area (TPSA) is 29.5 Å². The van der Waals surface area contributed by atoms with E-state index in [4.69, 9.17) is 4.74 Å². The number of unbranched alkanes of at least 4 members (excludes halogenated alkanes) is 2. The monoisotopic (exact) mass is 351 g/mol. The van der Waals surface area contributed by atoms with Crippen LogP contribution in [0.3, 0.4) is 0 Å². The van der Waals surface area contributed by atoms with Crippen LogP contribution >= 0.6 is 0 Å². The molecule has 1 rings (SSSR count). The third-order valence-corrected chi connectivity index (χ3v) is 4.66. The first-order valence-corrected chi connectivity index (χ1v) is 9.31. The lowest BCUT2D eigenvalue weighted by Gasteiger charge is -2.30. The summed E-state index contributed by atoms with van der Waals surface area (Å²) in [4.78, 5) is 14.3. The fraction of sp³-hybridized carbons (Fsp3) is 0.944. The van der Waals surface area contributed by atoms with E-state index in [0.717, 1.165) is 38.8 Å². The lowest BCUT2D eigenvalue weighted by molar-refractivity contribution is -0.194. The van der Waals surface area contributed by atoms with Crippen molar-refractivity contribution in [3.8, 4) is 0 Å². The minimum atomic E-state index is -4.29. The van der Waals surface area contributed by atoms with Gasteiger partial charge in [0, 0.05) is 6.54 Å². The number of esters is 1. The molecule has 0 atom stereocenters. The minimum absolute atomic E-state index is 0.174. The van der Waals surface area contributed by atoms with Gasteiger partial charge in [-0.15, -0.1) is 0 Å². The molecule has 0 heterocycles. The summed E-state index contributed by atoms with van der Waals surface area (Å²) in [5.74, 6) is -0.487. The maximum Gasteiger partial charge on any atom is 0.392 e. The molecule has 0 amide bonds. The van der Waals surface area contributed by atoms with E-state index < -0.39 is 24.2 Å². The molecule has 0 bridgehead atoms. The Hall–Kier alpha value is -0.780. The van der Waals surface area contributed by atoms with Crippen molar-refractivity contribution in [2.45, 2.75) is 89.8 Å². The number of halogens is 3. The van der Waals surface area contributed by atoms with E-state index in [0.29, 0.717) is 32.2 Å². The molecule has 3 nitrogen and oxygen atoms in total. The van der Waals surface area contributed by atoms with Gasteiger partial charge in [-0.3, -0.25) is 4.79 Å². The highest BCUT2D eigenvalue weighted by atomic mass is 19.4. The summed E-state index contributed by atoms with van der Waals surface area (Å²) < 4.78 is 43.7. The van der Waals surface area contributed by atoms with Crippen molar-refractivity contribution < 1.29 is 22.7 Å². The van der Waals surface area contributed by atoms with Crippen molar-refractivity contribution >= 4 is 5.97 Å². The van der Waals surface area contributed by atoms with E-state index in [9.17, 15) is 18.0 Å². The second kappa shape index (κ2) is 10.3. The van der Waals surface area contributed by atoms with Gasteiger partial charge in [-0.05, 0) is 51.6 Å². The highest BCUT2D eigenvalue weighted by molar-refractivity contribution is 5.70. The fourth-order valence-corrected chi connectivity index (χ4v) is 3.34. The van der Waals surface area contributed by atoms with Gasteiger partial charge in [-0.1, -0.05) is 26.7 Å². The standard InChI is InChI=1S/C18H32F3NO2/c1-3-5-12-22(13-6-4-2)14-9-16(23)24-17(10-7-8-11-17)15-18(19,20)21/h3-15H2,1-2H3. The van der Waals surface area contributed by atoms with Crippen LogP contribution in [0.1, 0.15) is 78.1 Å². The van der Waals surface area contributed by atoms with Gasteiger partial charge >= 0.3 is 12.1 Å².